The Hall–Kier alpha value is -12.2. The molecule has 0 fully saturated rings. The van der Waals surface area contributed by atoms with Gasteiger partial charge in [0.15, 0.2) is 0 Å². The van der Waals surface area contributed by atoms with Crippen LogP contribution in [-0.4, -0.2) is 4.57 Å². The van der Waals surface area contributed by atoms with Gasteiger partial charge in [0.05, 0.1) is 16.7 Å². The van der Waals surface area contributed by atoms with E-state index in [0.717, 1.165) is 140 Å². The van der Waals surface area contributed by atoms with Crippen molar-refractivity contribution >= 4 is 115 Å². The second-order valence-corrected chi connectivity index (χ2v) is 24.3. The molecule has 0 aliphatic heterocycles. The molecule has 4 heteroatoms. The number of rotatable bonds is 15. The monoisotopic (exact) mass is 1220 g/mol. The van der Waals surface area contributed by atoms with Crippen molar-refractivity contribution in [2.45, 2.75) is 20.3 Å². The first-order valence-electron chi connectivity index (χ1n) is 32.6. The second-order valence-electron chi connectivity index (χ2n) is 24.3. The maximum Gasteiger partial charge on any atom is 0.134 e. The maximum atomic E-state index is 6.27. The molecule has 4 nitrogen and oxygen atoms in total. The minimum atomic E-state index is 0.866. The van der Waals surface area contributed by atoms with Crippen molar-refractivity contribution in [1.29, 1.82) is 0 Å². The first-order valence-corrected chi connectivity index (χ1v) is 32.6. The third kappa shape index (κ3) is 10.4. The minimum Gasteiger partial charge on any atom is -0.461 e. The summed E-state index contributed by atoms with van der Waals surface area (Å²) >= 11 is 0. The molecule has 0 radical (unpaired) electrons. The molecule has 452 valence electrons. The lowest BCUT2D eigenvalue weighted by molar-refractivity contribution is 0.577. The van der Waals surface area contributed by atoms with Crippen molar-refractivity contribution in [3.63, 3.8) is 0 Å². The van der Waals surface area contributed by atoms with Crippen LogP contribution in [-0.2, 0) is 0 Å². The van der Waals surface area contributed by atoms with Crippen LogP contribution in [0.4, 0.5) is 28.4 Å². The number of nitrogens with zero attached hydrogens (tertiary/aromatic N) is 3. The average Bonchev–Trinajstić information content (AvgIpc) is 1.66. The van der Waals surface area contributed by atoms with Crippen LogP contribution in [0.25, 0.3) is 115 Å². The Kier molecular flexibility index (Phi) is 15.1. The Labute approximate surface area is 554 Å². The molecule has 0 spiro atoms. The average molecular weight is 1220 g/mol. The molecule has 16 rings (SSSR count). The molecule has 0 atom stereocenters. The molecular formula is C91H67N3O. The maximum absolute atomic E-state index is 6.27. The highest BCUT2D eigenvalue weighted by atomic mass is 16.3. The Morgan fingerprint density at radius 1 is 0.442 bits per heavy atom. The summed E-state index contributed by atoms with van der Waals surface area (Å²) < 4.78 is 8.75. The largest absolute Gasteiger partial charge is 0.461 e. The molecule has 15 aromatic rings. The quantitative estimate of drug-likeness (QED) is 0.0755. The zero-order valence-electron chi connectivity index (χ0n) is 53.1. The summed E-state index contributed by atoms with van der Waals surface area (Å²) in [7, 11) is 0. The van der Waals surface area contributed by atoms with Crippen LogP contribution in [0.3, 0.4) is 0 Å². The van der Waals surface area contributed by atoms with Crippen LogP contribution in [0, 0.1) is 6.92 Å². The van der Waals surface area contributed by atoms with E-state index in [9.17, 15) is 0 Å². The van der Waals surface area contributed by atoms with Crippen LogP contribution in [0.15, 0.2) is 357 Å². The van der Waals surface area contributed by atoms with E-state index in [4.69, 9.17) is 4.42 Å². The number of aromatic nitrogens is 1. The molecule has 0 saturated heterocycles. The lowest BCUT2D eigenvalue weighted by atomic mass is 9.94. The summed E-state index contributed by atoms with van der Waals surface area (Å²) in [6, 6.07) is 98.1. The van der Waals surface area contributed by atoms with Crippen LogP contribution in [0.2, 0.25) is 0 Å². The van der Waals surface area contributed by atoms with Gasteiger partial charge in [-0.1, -0.05) is 244 Å². The fraction of sp³-hybridized carbons (Fsp3) is 0.0330. The van der Waals surface area contributed by atoms with Crippen molar-refractivity contribution in [2.75, 3.05) is 9.80 Å². The van der Waals surface area contributed by atoms with E-state index in [1.54, 1.807) is 0 Å². The van der Waals surface area contributed by atoms with Crippen LogP contribution >= 0.6 is 0 Å². The van der Waals surface area contributed by atoms with Gasteiger partial charge in [-0.05, 0) is 206 Å². The number of anilines is 5. The van der Waals surface area contributed by atoms with Gasteiger partial charge in [0.1, 0.15) is 11.3 Å². The summed E-state index contributed by atoms with van der Waals surface area (Å²) in [6.07, 6.45) is 24.1. The lowest BCUT2D eigenvalue weighted by Gasteiger charge is -2.28. The van der Waals surface area contributed by atoms with E-state index < -0.39 is 0 Å². The molecule has 0 saturated carbocycles. The van der Waals surface area contributed by atoms with E-state index in [0.29, 0.717) is 0 Å². The molecule has 95 heavy (non-hydrogen) atoms. The highest BCUT2D eigenvalue weighted by Gasteiger charge is 2.24. The first kappa shape index (κ1) is 57.9. The number of fused-ring (bicyclic) bond motifs is 11. The third-order valence-corrected chi connectivity index (χ3v) is 18.8. The zero-order chi connectivity index (χ0) is 63.9. The van der Waals surface area contributed by atoms with Gasteiger partial charge < -0.3 is 18.8 Å². The number of allylic oxidation sites excluding steroid dienone is 12. The van der Waals surface area contributed by atoms with Crippen LogP contribution in [0.1, 0.15) is 35.8 Å². The number of benzene rings is 13. The highest BCUT2D eigenvalue weighted by Crippen LogP contribution is 2.47. The summed E-state index contributed by atoms with van der Waals surface area (Å²) in [5.41, 5.74) is 20.6. The Bertz CT molecular complexity index is 5690. The smallest absolute Gasteiger partial charge is 0.134 e. The molecule has 1 aliphatic rings. The fourth-order valence-corrected chi connectivity index (χ4v) is 14.5. The lowest BCUT2D eigenvalue weighted by Crippen LogP contribution is -2.15. The normalized spacial score (nSPS) is 12.8. The topological polar surface area (TPSA) is 24.6 Å². The summed E-state index contributed by atoms with van der Waals surface area (Å²) in [4.78, 5) is 4.79. The SMILES string of the molecule is C=C/C=C(/c1ccc(N(C2=CC=CCC=C2)c2ccc(-c3ccc4c(c3)c3cc(N(c5ccc(-c6ccccc6)cc5)c5ccc(C(/C=C\C)=C/C=C)c6ccccc56)ccc3n4-c3ccc4c5ccccc5c5ccccc5c4c3)cc2)cc1)c1c(C)oc2ccccc12. The molecule has 13 aromatic carbocycles. The third-order valence-electron chi connectivity index (χ3n) is 18.8. The summed E-state index contributed by atoms with van der Waals surface area (Å²) in [5.74, 6) is 0.878. The van der Waals surface area contributed by atoms with E-state index >= 15 is 0 Å². The Morgan fingerprint density at radius 2 is 0.989 bits per heavy atom. The number of para-hydroxylation sites is 1. The molecule has 0 N–H and O–H groups in total. The molecule has 2 aromatic heterocycles. The van der Waals surface area contributed by atoms with Crippen molar-refractivity contribution in [3.8, 4) is 27.9 Å². The van der Waals surface area contributed by atoms with E-state index in [1.807, 2.05) is 31.2 Å². The Balaban J connectivity index is 0.862. The van der Waals surface area contributed by atoms with Crippen molar-refractivity contribution < 1.29 is 4.42 Å². The van der Waals surface area contributed by atoms with Gasteiger partial charge in [-0.3, -0.25) is 0 Å². The molecule has 2 heterocycles. The van der Waals surface area contributed by atoms with Gasteiger partial charge >= 0.3 is 0 Å². The van der Waals surface area contributed by atoms with E-state index in [2.05, 4.69) is 344 Å². The first-order chi connectivity index (χ1) is 46.9. The number of aryl methyl sites for hydroxylation is 1. The molecule has 0 bridgehead atoms. The van der Waals surface area contributed by atoms with E-state index in [-0.39, 0.29) is 0 Å². The van der Waals surface area contributed by atoms with Gasteiger partial charge in [-0.25, -0.2) is 0 Å². The van der Waals surface area contributed by atoms with Crippen LogP contribution in [0.5, 0.6) is 0 Å². The molecule has 0 unspecified atom stereocenters. The summed E-state index contributed by atoms with van der Waals surface area (Å²) in [6.45, 7) is 12.3. The van der Waals surface area contributed by atoms with Gasteiger partial charge in [-0.2, -0.15) is 0 Å². The predicted octanol–water partition coefficient (Wildman–Crippen LogP) is 25.6. The molecular weight excluding hydrogens is 1150 g/mol. The number of hydrogen-bond acceptors (Lipinski definition) is 3. The predicted molar refractivity (Wildman–Crippen MR) is 407 cm³/mol. The van der Waals surface area contributed by atoms with Crippen LogP contribution < -0.4 is 9.80 Å². The van der Waals surface area contributed by atoms with Gasteiger partial charge in [0, 0.05) is 61.2 Å². The standard InChI is InChI=1S/C91H67N3O/c1-5-23-65(24-6-2)74-54-57-87(82-35-20-19-30-76(74)82)93(71-47-38-63(39-48-71)62-26-11-10-12-27-62)72-52-56-89-86(60-72)85-58-67(44-55-88(85)94(89)73-51-53-81-79-33-16-15-31-77(79)78-32-17-18-34-80(78)84(81)59-73)64-40-45-69(46-41-64)92(68-28-13-8-9-14-29-68)70-49-42-66(43-50-70)75(25-7-3)91-61(4)95-90-37-22-21-36-83(90)91/h5-8,10-60H,1,3,9H2,2,4H3/b24-6-,65-23+,75-25-. The van der Waals surface area contributed by atoms with Gasteiger partial charge in [0.25, 0.3) is 0 Å². The number of furan rings is 1. The summed E-state index contributed by atoms with van der Waals surface area (Å²) in [5, 5.41) is 13.2. The Morgan fingerprint density at radius 3 is 1.67 bits per heavy atom. The minimum absolute atomic E-state index is 0.866. The van der Waals surface area contributed by atoms with Crippen molar-refractivity contribution in [3.05, 3.63) is 375 Å². The molecule has 0 amide bonds. The highest BCUT2D eigenvalue weighted by molar-refractivity contribution is 6.26. The number of hydrogen-bond donors (Lipinski definition) is 0. The zero-order valence-corrected chi connectivity index (χ0v) is 53.1. The fourth-order valence-electron chi connectivity index (χ4n) is 14.5. The van der Waals surface area contributed by atoms with E-state index in [1.165, 1.54) is 37.9 Å². The molecule has 1 aliphatic carbocycles. The van der Waals surface area contributed by atoms with Gasteiger partial charge in [-0.15, -0.1) is 0 Å². The van der Waals surface area contributed by atoms with Crippen molar-refractivity contribution in [2.24, 2.45) is 0 Å². The van der Waals surface area contributed by atoms with Crippen molar-refractivity contribution in [1.82, 2.24) is 4.57 Å². The second kappa shape index (κ2) is 24.8. The van der Waals surface area contributed by atoms with Gasteiger partial charge in [0.2, 0.25) is 0 Å².